The Morgan fingerprint density at radius 2 is 1.72 bits per heavy atom. The molecule has 0 amide bonds. The van der Waals surface area contributed by atoms with E-state index in [9.17, 15) is 0 Å². The van der Waals surface area contributed by atoms with E-state index in [1.54, 1.807) is 11.3 Å². The fourth-order valence-corrected chi connectivity index (χ4v) is 7.03. The van der Waals surface area contributed by atoms with Gasteiger partial charge in [0.25, 0.3) is 0 Å². The lowest BCUT2D eigenvalue weighted by Crippen LogP contribution is -2.16. The second-order valence-electron chi connectivity index (χ2n) is 9.64. The van der Waals surface area contributed by atoms with Crippen LogP contribution in [0, 0.1) is 0 Å². The van der Waals surface area contributed by atoms with Crippen LogP contribution >= 0.6 is 11.3 Å². The molecule has 0 bridgehead atoms. The Morgan fingerprint density at radius 1 is 0.944 bits per heavy atom. The van der Waals surface area contributed by atoms with Gasteiger partial charge in [0.1, 0.15) is 0 Å². The van der Waals surface area contributed by atoms with E-state index in [1.165, 1.54) is 48.3 Å². The summed E-state index contributed by atoms with van der Waals surface area (Å²) in [5.74, 6) is 0. The van der Waals surface area contributed by atoms with Gasteiger partial charge in [-0.05, 0) is 53.5 Å². The molecule has 3 aromatic carbocycles. The first-order valence-corrected chi connectivity index (χ1v) is 13.1. The molecule has 1 aromatic heterocycles. The van der Waals surface area contributed by atoms with Crippen LogP contribution in [-0.4, -0.2) is 6.21 Å². The maximum atomic E-state index is 5.15. The van der Waals surface area contributed by atoms with Crippen LogP contribution in [0.4, 0.5) is 11.4 Å². The third-order valence-corrected chi connectivity index (χ3v) is 8.41. The van der Waals surface area contributed by atoms with E-state index in [0.29, 0.717) is 0 Å². The summed E-state index contributed by atoms with van der Waals surface area (Å²) in [6.07, 6.45) is 16.2. The number of allylic oxidation sites excluding steroid dienone is 4. The predicted octanol–water partition coefficient (Wildman–Crippen LogP) is 9.75. The molecular formula is C33H28N2S. The van der Waals surface area contributed by atoms with Crippen LogP contribution in [0.25, 0.3) is 44.5 Å². The number of hydrogen-bond donors (Lipinski definition) is 1. The Hall–Kier alpha value is -3.95. The zero-order valence-corrected chi connectivity index (χ0v) is 21.6. The van der Waals surface area contributed by atoms with Gasteiger partial charge in [-0.3, -0.25) is 4.99 Å². The maximum absolute atomic E-state index is 5.15. The average molecular weight is 485 g/mol. The van der Waals surface area contributed by atoms with E-state index in [2.05, 4.69) is 93.3 Å². The maximum Gasteiger partial charge on any atom is 0.0890 e. The van der Waals surface area contributed by atoms with Gasteiger partial charge < -0.3 is 5.32 Å². The quantitative estimate of drug-likeness (QED) is 0.301. The molecular weight excluding hydrogens is 456 g/mol. The summed E-state index contributed by atoms with van der Waals surface area (Å²) in [5.41, 5.74) is 10.8. The van der Waals surface area contributed by atoms with Crippen LogP contribution in [0.15, 0.2) is 90.6 Å². The zero-order chi connectivity index (χ0) is 24.9. The molecule has 6 rings (SSSR count). The fourth-order valence-electron chi connectivity index (χ4n) is 5.75. The standard InChI is InChI=1S/C33H28N2S/c1-5-14-26-21(6-2)28-27-22-15-8-10-17-24(22)33(3,4)30(27)29-23-16-9-11-18-25(23)34-19-12-7-13-20-35-31(29)32(28)36-26/h5-20,34H,2H2,1,3-4H3/b13-7-,14-5-,19-12+,35-20?. The van der Waals surface area contributed by atoms with Crippen molar-refractivity contribution in [3.05, 3.63) is 107 Å². The fraction of sp³-hybridized carbons (Fsp3) is 0.121. The molecule has 0 fully saturated rings. The molecule has 36 heavy (non-hydrogen) atoms. The Labute approximate surface area is 216 Å². The van der Waals surface area contributed by atoms with Crippen molar-refractivity contribution in [3.8, 4) is 22.3 Å². The molecule has 2 aliphatic rings. The van der Waals surface area contributed by atoms with Crippen LogP contribution in [0.1, 0.15) is 42.3 Å². The molecule has 0 atom stereocenters. The minimum atomic E-state index is -0.195. The molecule has 0 spiro atoms. The summed E-state index contributed by atoms with van der Waals surface area (Å²) in [5, 5.41) is 4.78. The summed E-state index contributed by atoms with van der Waals surface area (Å²) in [7, 11) is 0. The zero-order valence-electron chi connectivity index (χ0n) is 20.8. The highest BCUT2D eigenvalue weighted by atomic mass is 32.1. The van der Waals surface area contributed by atoms with E-state index < -0.39 is 0 Å². The van der Waals surface area contributed by atoms with Crippen molar-refractivity contribution in [3.63, 3.8) is 0 Å². The highest BCUT2D eigenvalue weighted by Crippen LogP contribution is 2.60. The first-order valence-electron chi connectivity index (χ1n) is 12.3. The van der Waals surface area contributed by atoms with Crippen LogP contribution < -0.4 is 5.32 Å². The number of benzene rings is 3. The second-order valence-corrected chi connectivity index (χ2v) is 10.7. The molecule has 4 aromatic rings. The summed E-state index contributed by atoms with van der Waals surface area (Å²) in [6.45, 7) is 11.0. The van der Waals surface area contributed by atoms with Crippen molar-refractivity contribution in [1.29, 1.82) is 0 Å². The van der Waals surface area contributed by atoms with E-state index in [-0.39, 0.29) is 5.41 Å². The van der Waals surface area contributed by atoms with Crippen LogP contribution in [0.2, 0.25) is 0 Å². The number of fused-ring (bicyclic) bond motifs is 10. The van der Waals surface area contributed by atoms with Gasteiger partial charge in [-0.15, -0.1) is 11.3 Å². The normalized spacial score (nSPS) is 17.0. The smallest absolute Gasteiger partial charge is 0.0890 e. The van der Waals surface area contributed by atoms with Crippen molar-refractivity contribution < 1.29 is 0 Å². The Morgan fingerprint density at radius 3 is 2.53 bits per heavy atom. The van der Waals surface area contributed by atoms with E-state index in [4.69, 9.17) is 4.99 Å². The third-order valence-electron chi connectivity index (χ3n) is 7.24. The number of nitrogens with one attached hydrogen (secondary N) is 1. The number of para-hydroxylation sites is 1. The Bertz CT molecular complexity index is 1660. The Balaban J connectivity index is 1.91. The first kappa shape index (κ1) is 22.5. The molecule has 0 radical (unpaired) electrons. The number of nitrogens with zero attached hydrogens (tertiary/aromatic N) is 1. The van der Waals surface area contributed by atoms with Gasteiger partial charge in [0.2, 0.25) is 0 Å². The number of hydrogen-bond acceptors (Lipinski definition) is 3. The molecule has 0 saturated carbocycles. The van der Waals surface area contributed by atoms with Crippen molar-refractivity contribution in [2.24, 2.45) is 4.99 Å². The Kier molecular flexibility index (Phi) is 5.39. The molecule has 1 aliphatic carbocycles. The van der Waals surface area contributed by atoms with Gasteiger partial charge in [-0.25, -0.2) is 0 Å². The number of thiophene rings is 1. The lowest BCUT2D eigenvalue weighted by Gasteiger charge is -2.27. The molecule has 0 unspecified atom stereocenters. The van der Waals surface area contributed by atoms with Gasteiger partial charge in [-0.1, -0.05) is 81.1 Å². The van der Waals surface area contributed by atoms with Crippen LogP contribution in [0.3, 0.4) is 0 Å². The largest absolute Gasteiger partial charge is 0.361 e. The van der Waals surface area contributed by atoms with Gasteiger partial charge in [0.15, 0.2) is 0 Å². The molecule has 3 heteroatoms. The predicted molar refractivity (Wildman–Crippen MR) is 160 cm³/mol. The average Bonchev–Trinajstić information content (AvgIpc) is 3.34. The van der Waals surface area contributed by atoms with E-state index in [0.717, 1.165) is 16.9 Å². The van der Waals surface area contributed by atoms with Crippen molar-refractivity contribution in [1.82, 2.24) is 0 Å². The van der Waals surface area contributed by atoms with Gasteiger partial charge in [0, 0.05) is 50.5 Å². The highest BCUT2D eigenvalue weighted by Gasteiger charge is 2.41. The molecule has 1 N–H and O–H groups in total. The minimum Gasteiger partial charge on any atom is -0.361 e. The van der Waals surface area contributed by atoms with Crippen molar-refractivity contribution in [2.75, 3.05) is 5.32 Å². The van der Waals surface area contributed by atoms with Gasteiger partial charge in [-0.2, -0.15) is 0 Å². The van der Waals surface area contributed by atoms with Crippen molar-refractivity contribution in [2.45, 2.75) is 26.2 Å². The molecule has 2 nitrogen and oxygen atoms in total. The monoisotopic (exact) mass is 484 g/mol. The summed E-state index contributed by atoms with van der Waals surface area (Å²) >= 11 is 1.80. The van der Waals surface area contributed by atoms with Crippen LogP contribution in [-0.2, 0) is 5.41 Å². The highest BCUT2D eigenvalue weighted by molar-refractivity contribution is 7.21. The van der Waals surface area contributed by atoms with E-state index >= 15 is 0 Å². The van der Waals surface area contributed by atoms with E-state index in [1.807, 2.05) is 36.7 Å². The molecule has 0 saturated heterocycles. The number of rotatable bonds is 2. The lowest BCUT2D eigenvalue weighted by molar-refractivity contribution is 0.662. The molecule has 2 heterocycles. The topological polar surface area (TPSA) is 24.4 Å². The minimum absolute atomic E-state index is 0.195. The molecule has 1 aliphatic heterocycles. The van der Waals surface area contributed by atoms with Gasteiger partial charge in [0.05, 0.1) is 10.4 Å². The SMILES string of the molecule is C=Cc1c(/C=C\C)sc2c3c(c4c(c12)-c1ccccc1C4(C)C)-c1ccccc1N/C=C/C=C\C=N3. The second kappa shape index (κ2) is 8.61. The number of anilines is 1. The summed E-state index contributed by atoms with van der Waals surface area (Å²) in [6, 6.07) is 17.4. The van der Waals surface area contributed by atoms with Gasteiger partial charge >= 0.3 is 0 Å². The van der Waals surface area contributed by atoms with Crippen LogP contribution in [0.5, 0.6) is 0 Å². The first-order chi connectivity index (χ1) is 17.6. The molecule has 176 valence electrons. The third kappa shape index (κ3) is 3.20. The summed E-state index contributed by atoms with van der Waals surface area (Å²) < 4.78 is 1.20. The van der Waals surface area contributed by atoms with Crippen molar-refractivity contribution >= 4 is 51.2 Å². The summed E-state index contributed by atoms with van der Waals surface area (Å²) in [4.78, 5) is 6.37. The lowest BCUT2D eigenvalue weighted by atomic mass is 9.77. The number of aliphatic imine (C=N–C) groups is 1.